The Morgan fingerprint density at radius 3 is 1.67 bits per heavy atom. The van der Waals surface area contributed by atoms with E-state index < -0.39 is 0 Å². The van der Waals surface area contributed by atoms with Gasteiger partial charge in [0.15, 0.2) is 0 Å². The van der Waals surface area contributed by atoms with E-state index in [1.807, 2.05) is 0 Å². The lowest BCUT2D eigenvalue weighted by Gasteiger charge is -2.38. The fourth-order valence-electron chi connectivity index (χ4n) is 4.60. The van der Waals surface area contributed by atoms with Gasteiger partial charge in [0.05, 0.1) is 12.2 Å². The van der Waals surface area contributed by atoms with Crippen LogP contribution in [0.15, 0.2) is 0 Å². The van der Waals surface area contributed by atoms with Crippen molar-refractivity contribution in [3.63, 3.8) is 0 Å². The lowest BCUT2D eigenvalue weighted by Crippen LogP contribution is -2.48. The summed E-state index contributed by atoms with van der Waals surface area (Å²) in [4.78, 5) is 2.82. The molecule has 142 valence electrons. The summed E-state index contributed by atoms with van der Waals surface area (Å²) in [6, 6.07) is 0.838. The van der Waals surface area contributed by atoms with Crippen LogP contribution in [0, 0.1) is 0 Å². The van der Waals surface area contributed by atoms with Crippen LogP contribution in [-0.4, -0.2) is 36.2 Å². The van der Waals surface area contributed by atoms with Crippen molar-refractivity contribution in [3.8, 4) is 0 Å². The van der Waals surface area contributed by atoms with E-state index in [1.165, 1.54) is 109 Å². The minimum atomic E-state index is 0.552. The SMILES string of the molecule is CCCCCCCCC(CCCCCCC)N1CC2CCC(C1)O2. The maximum atomic E-state index is 6.06. The standard InChI is InChI=1S/C22H43NO/c1-3-5-7-9-11-13-15-20(14-12-10-8-6-4-2)23-18-21-16-17-22(19-23)24-21/h20-22H,3-19H2,1-2H3. The Morgan fingerprint density at radius 2 is 1.17 bits per heavy atom. The van der Waals surface area contributed by atoms with Crippen LogP contribution in [0.3, 0.4) is 0 Å². The molecule has 2 nitrogen and oxygen atoms in total. The Morgan fingerprint density at radius 1 is 0.708 bits per heavy atom. The molecular weight excluding hydrogens is 294 g/mol. The van der Waals surface area contributed by atoms with Gasteiger partial charge in [-0.3, -0.25) is 4.90 Å². The fraction of sp³-hybridized carbons (Fsp3) is 1.00. The summed E-state index contributed by atoms with van der Waals surface area (Å²) >= 11 is 0. The third kappa shape index (κ3) is 7.44. The maximum Gasteiger partial charge on any atom is 0.0707 e. The number of morpholine rings is 1. The molecule has 0 aromatic heterocycles. The predicted octanol–water partition coefficient (Wildman–Crippen LogP) is 6.33. The maximum absolute atomic E-state index is 6.06. The van der Waals surface area contributed by atoms with Gasteiger partial charge in [0.1, 0.15) is 0 Å². The van der Waals surface area contributed by atoms with E-state index in [4.69, 9.17) is 4.74 Å². The van der Waals surface area contributed by atoms with E-state index in [0.717, 1.165) is 6.04 Å². The van der Waals surface area contributed by atoms with E-state index >= 15 is 0 Å². The number of hydrogen-bond acceptors (Lipinski definition) is 2. The predicted molar refractivity (Wildman–Crippen MR) is 105 cm³/mol. The van der Waals surface area contributed by atoms with Gasteiger partial charge in [-0.25, -0.2) is 0 Å². The molecule has 0 amide bonds. The van der Waals surface area contributed by atoms with Crippen molar-refractivity contribution in [2.24, 2.45) is 0 Å². The summed E-state index contributed by atoms with van der Waals surface area (Å²) in [5, 5.41) is 0. The summed E-state index contributed by atoms with van der Waals surface area (Å²) in [5.41, 5.74) is 0. The summed E-state index contributed by atoms with van der Waals surface area (Å²) < 4.78 is 6.06. The number of fused-ring (bicyclic) bond motifs is 2. The Bertz CT molecular complexity index is 294. The third-order valence-corrected chi connectivity index (χ3v) is 6.12. The fourth-order valence-corrected chi connectivity index (χ4v) is 4.60. The van der Waals surface area contributed by atoms with Gasteiger partial charge in [-0.05, 0) is 25.7 Å². The molecule has 2 heterocycles. The van der Waals surface area contributed by atoms with E-state index in [1.54, 1.807) is 0 Å². The zero-order chi connectivity index (χ0) is 17.0. The van der Waals surface area contributed by atoms with E-state index in [2.05, 4.69) is 18.7 Å². The second kappa shape index (κ2) is 12.3. The van der Waals surface area contributed by atoms with Gasteiger partial charge in [-0.2, -0.15) is 0 Å². The molecule has 0 aliphatic carbocycles. The summed E-state index contributed by atoms with van der Waals surface area (Å²) in [5.74, 6) is 0. The monoisotopic (exact) mass is 337 g/mol. The van der Waals surface area contributed by atoms with Crippen molar-refractivity contribution >= 4 is 0 Å². The number of likely N-dealkylation sites (tertiary alicyclic amines) is 1. The highest BCUT2D eigenvalue weighted by Gasteiger charge is 2.36. The first-order chi connectivity index (χ1) is 11.8. The van der Waals surface area contributed by atoms with Crippen LogP contribution >= 0.6 is 0 Å². The minimum absolute atomic E-state index is 0.552. The van der Waals surface area contributed by atoms with Gasteiger partial charge < -0.3 is 4.74 Å². The quantitative estimate of drug-likeness (QED) is 0.343. The lowest BCUT2D eigenvalue weighted by atomic mass is 9.98. The van der Waals surface area contributed by atoms with Crippen molar-refractivity contribution in [1.29, 1.82) is 0 Å². The molecule has 2 heteroatoms. The van der Waals surface area contributed by atoms with Crippen LogP contribution in [0.2, 0.25) is 0 Å². The highest BCUT2D eigenvalue weighted by Crippen LogP contribution is 2.30. The zero-order valence-electron chi connectivity index (χ0n) is 16.6. The van der Waals surface area contributed by atoms with Crippen LogP contribution in [0.25, 0.3) is 0 Å². The van der Waals surface area contributed by atoms with Crippen LogP contribution in [0.5, 0.6) is 0 Å². The van der Waals surface area contributed by atoms with E-state index in [9.17, 15) is 0 Å². The summed E-state index contributed by atoms with van der Waals surface area (Å²) in [6.07, 6.45) is 22.2. The van der Waals surface area contributed by atoms with Crippen LogP contribution in [0.4, 0.5) is 0 Å². The Kier molecular flexibility index (Phi) is 10.4. The molecule has 2 bridgehead atoms. The number of hydrogen-bond donors (Lipinski definition) is 0. The molecule has 2 aliphatic heterocycles. The molecular formula is C22H43NO. The van der Waals surface area contributed by atoms with Crippen LogP contribution < -0.4 is 0 Å². The van der Waals surface area contributed by atoms with Crippen molar-refractivity contribution in [1.82, 2.24) is 4.90 Å². The molecule has 0 aromatic carbocycles. The van der Waals surface area contributed by atoms with Crippen LogP contribution in [0.1, 0.15) is 110 Å². The highest BCUT2D eigenvalue weighted by atomic mass is 16.5. The molecule has 2 rings (SSSR count). The van der Waals surface area contributed by atoms with Gasteiger partial charge in [-0.1, -0.05) is 84.5 Å². The molecule has 0 aromatic rings. The first-order valence-electron chi connectivity index (χ1n) is 11.2. The van der Waals surface area contributed by atoms with Crippen molar-refractivity contribution in [2.75, 3.05) is 13.1 Å². The Hall–Kier alpha value is -0.0800. The van der Waals surface area contributed by atoms with E-state index in [-0.39, 0.29) is 0 Å². The first kappa shape index (κ1) is 20.2. The molecule has 0 saturated carbocycles. The van der Waals surface area contributed by atoms with Crippen molar-refractivity contribution in [2.45, 2.75) is 128 Å². The largest absolute Gasteiger partial charge is 0.372 e. The lowest BCUT2D eigenvalue weighted by molar-refractivity contribution is -0.0554. The summed E-state index contributed by atoms with van der Waals surface area (Å²) in [7, 11) is 0. The van der Waals surface area contributed by atoms with Gasteiger partial charge in [0, 0.05) is 19.1 Å². The smallest absolute Gasteiger partial charge is 0.0707 e. The second-order valence-electron chi connectivity index (χ2n) is 8.32. The van der Waals surface area contributed by atoms with Crippen LogP contribution in [-0.2, 0) is 4.74 Å². The topological polar surface area (TPSA) is 12.5 Å². The van der Waals surface area contributed by atoms with Crippen molar-refractivity contribution < 1.29 is 4.74 Å². The molecule has 3 unspecified atom stereocenters. The average Bonchev–Trinajstić information content (AvgIpc) is 2.94. The molecule has 0 spiro atoms. The molecule has 2 saturated heterocycles. The zero-order valence-corrected chi connectivity index (χ0v) is 16.6. The molecule has 0 N–H and O–H groups in total. The first-order valence-corrected chi connectivity index (χ1v) is 11.2. The van der Waals surface area contributed by atoms with Gasteiger partial charge in [-0.15, -0.1) is 0 Å². The van der Waals surface area contributed by atoms with Crippen molar-refractivity contribution in [3.05, 3.63) is 0 Å². The number of rotatable bonds is 14. The number of nitrogens with zero attached hydrogens (tertiary/aromatic N) is 1. The molecule has 2 fully saturated rings. The van der Waals surface area contributed by atoms with Gasteiger partial charge in [0.2, 0.25) is 0 Å². The molecule has 24 heavy (non-hydrogen) atoms. The molecule has 0 radical (unpaired) electrons. The second-order valence-corrected chi connectivity index (χ2v) is 8.32. The van der Waals surface area contributed by atoms with Gasteiger partial charge >= 0.3 is 0 Å². The highest BCUT2D eigenvalue weighted by molar-refractivity contribution is 4.88. The Labute approximate surface area is 151 Å². The molecule has 2 aliphatic rings. The third-order valence-electron chi connectivity index (χ3n) is 6.12. The average molecular weight is 338 g/mol. The van der Waals surface area contributed by atoms with E-state index in [0.29, 0.717) is 12.2 Å². The normalized spacial score (nSPS) is 25.2. The van der Waals surface area contributed by atoms with Gasteiger partial charge in [0.25, 0.3) is 0 Å². The molecule has 3 atom stereocenters. The number of ether oxygens (including phenoxy) is 1. The minimum Gasteiger partial charge on any atom is -0.372 e. The Balaban J connectivity index is 1.69. The summed E-state index contributed by atoms with van der Waals surface area (Å²) in [6.45, 7) is 7.05. The number of unbranched alkanes of at least 4 members (excludes halogenated alkanes) is 9.